The predicted molar refractivity (Wildman–Crippen MR) is 92.0 cm³/mol. The highest BCUT2D eigenvalue weighted by atomic mass is 35.5. The average Bonchev–Trinajstić information content (AvgIpc) is 2.61. The van der Waals surface area contributed by atoms with Gasteiger partial charge in [-0.05, 0) is 43.0 Å². The predicted octanol–water partition coefficient (Wildman–Crippen LogP) is 4.55. The van der Waals surface area contributed by atoms with E-state index in [0.717, 1.165) is 31.5 Å². The molecule has 0 aromatic heterocycles. The Bertz CT molecular complexity index is 666. The van der Waals surface area contributed by atoms with Gasteiger partial charge in [-0.15, -0.1) is 0 Å². The van der Waals surface area contributed by atoms with Gasteiger partial charge in [0.15, 0.2) is 0 Å². The van der Waals surface area contributed by atoms with Crippen LogP contribution in [0, 0.1) is 0 Å². The zero-order valence-electron chi connectivity index (χ0n) is 13.0. The van der Waals surface area contributed by atoms with Crippen LogP contribution in [-0.4, -0.2) is 23.9 Å². The number of hydrogen-bond acceptors (Lipinski definition) is 2. The van der Waals surface area contributed by atoms with Gasteiger partial charge in [-0.25, -0.2) is 0 Å². The fourth-order valence-electron chi connectivity index (χ4n) is 2.80. The van der Waals surface area contributed by atoms with Crippen LogP contribution < -0.4 is 4.74 Å². The van der Waals surface area contributed by atoms with Gasteiger partial charge in [0.25, 0.3) is 5.91 Å². The zero-order chi connectivity index (χ0) is 16.1. The molecule has 1 heterocycles. The first kappa shape index (κ1) is 15.9. The molecule has 0 spiro atoms. The minimum absolute atomic E-state index is 0.00950. The Morgan fingerprint density at radius 3 is 2.52 bits per heavy atom. The van der Waals surface area contributed by atoms with E-state index < -0.39 is 0 Å². The highest BCUT2D eigenvalue weighted by Gasteiger charge is 2.21. The second kappa shape index (κ2) is 7.51. The number of benzene rings is 2. The fourth-order valence-corrected chi connectivity index (χ4v) is 2.97. The molecule has 3 rings (SSSR count). The molecule has 0 aliphatic carbocycles. The highest BCUT2D eigenvalue weighted by Crippen LogP contribution is 2.26. The van der Waals surface area contributed by atoms with Crippen molar-refractivity contribution in [1.29, 1.82) is 0 Å². The lowest BCUT2D eigenvalue weighted by atomic mass is 10.1. The van der Waals surface area contributed by atoms with E-state index in [-0.39, 0.29) is 5.91 Å². The maximum absolute atomic E-state index is 12.8. The monoisotopic (exact) mass is 329 g/mol. The molecule has 23 heavy (non-hydrogen) atoms. The van der Waals surface area contributed by atoms with Crippen LogP contribution in [0.4, 0.5) is 0 Å². The van der Waals surface area contributed by atoms with E-state index in [1.807, 2.05) is 35.2 Å². The van der Waals surface area contributed by atoms with Crippen LogP contribution in [0.25, 0.3) is 0 Å². The highest BCUT2D eigenvalue weighted by molar-refractivity contribution is 6.31. The van der Waals surface area contributed by atoms with Crippen LogP contribution in [0.1, 0.15) is 35.2 Å². The number of halogens is 1. The van der Waals surface area contributed by atoms with Gasteiger partial charge in [0.2, 0.25) is 0 Å². The van der Waals surface area contributed by atoms with Crippen molar-refractivity contribution < 1.29 is 9.53 Å². The number of nitrogens with zero attached hydrogens (tertiary/aromatic N) is 1. The standard InChI is InChI=1S/C19H20ClNO2/c20-16-9-10-18(23-14-15-7-3-1-4-8-15)17(13-16)19(22)21-11-5-2-6-12-21/h1,3-4,7-10,13H,2,5-6,11-12,14H2. The summed E-state index contributed by atoms with van der Waals surface area (Å²) in [5, 5.41) is 0.553. The maximum atomic E-state index is 12.8. The maximum Gasteiger partial charge on any atom is 0.257 e. The first-order valence-corrected chi connectivity index (χ1v) is 8.37. The van der Waals surface area contributed by atoms with Crippen LogP contribution in [0.3, 0.4) is 0 Å². The van der Waals surface area contributed by atoms with Crippen molar-refractivity contribution in [3.8, 4) is 5.75 Å². The van der Waals surface area contributed by atoms with E-state index in [2.05, 4.69) is 0 Å². The lowest BCUT2D eigenvalue weighted by Gasteiger charge is -2.27. The fraction of sp³-hybridized carbons (Fsp3) is 0.316. The third kappa shape index (κ3) is 4.05. The number of rotatable bonds is 4. The Hall–Kier alpha value is -2.00. The summed E-state index contributed by atoms with van der Waals surface area (Å²) in [6, 6.07) is 15.2. The van der Waals surface area contributed by atoms with Gasteiger partial charge in [-0.2, -0.15) is 0 Å². The molecule has 2 aromatic rings. The Morgan fingerprint density at radius 2 is 1.78 bits per heavy atom. The van der Waals surface area contributed by atoms with Crippen molar-refractivity contribution in [2.75, 3.05) is 13.1 Å². The number of ether oxygens (including phenoxy) is 1. The molecule has 0 unspecified atom stereocenters. The largest absolute Gasteiger partial charge is 0.488 e. The molecule has 3 nitrogen and oxygen atoms in total. The number of hydrogen-bond donors (Lipinski definition) is 0. The Labute approximate surface area is 141 Å². The normalized spacial score (nSPS) is 14.6. The van der Waals surface area contributed by atoms with E-state index >= 15 is 0 Å². The van der Waals surface area contributed by atoms with Gasteiger partial charge in [-0.3, -0.25) is 4.79 Å². The number of likely N-dealkylation sites (tertiary alicyclic amines) is 1. The van der Waals surface area contributed by atoms with E-state index in [1.165, 1.54) is 6.42 Å². The molecule has 1 amide bonds. The third-order valence-corrected chi connectivity index (χ3v) is 4.29. The van der Waals surface area contributed by atoms with Crippen molar-refractivity contribution in [2.24, 2.45) is 0 Å². The summed E-state index contributed by atoms with van der Waals surface area (Å²) < 4.78 is 5.88. The molecule has 1 fully saturated rings. The number of amides is 1. The molecule has 0 radical (unpaired) electrons. The SMILES string of the molecule is O=C(c1cc(Cl)ccc1OCc1ccccc1)N1CCCCC1. The molecular weight excluding hydrogens is 310 g/mol. The summed E-state index contributed by atoms with van der Waals surface area (Å²) in [5.74, 6) is 0.601. The topological polar surface area (TPSA) is 29.5 Å². The molecule has 0 atom stereocenters. The van der Waals surface area contributed by atoms with E-state index in [9.17, 15) is 4.79 Å². The molecule has 1 aliphatic rings. The van der Waals surface area contributed by atoms with Gasteiger partial charge in [-0.1, -0.05) is 41.9 Å². The van der Waals surface area contributed by atoms with Gasteiger partial charge >= 0.3 is 0 Å². The second-order valence-electron chi connectivity index (χ2n) is 5.77. The minimum Gasteiger partial charge on any atom is -0.488 e. The average molecular weight is 330 g/mol. The summed E-state index contributed by atoms with van der Waals surface area (Å²) in [6.07, 6.45) is 3.32. The van der Waals surface area contributed by atoms with Gasteiger partial charge < -0.3 is 9.64 Å². The van der Waals surface area contributed by atoms with Gasteiger partial charge in [0, 0.05) is 18.1 Å². The third-order valence-electron chi connectivity index (χ3n) is 4.05. The molecule has 120 valence electrons. The smallest absolute Gasteiger partial charge is 0.257 e. The van der Waals surface area contributed by atoms with Crippen LogP contribution in [0.2, 0.25) is 5.02 Å². The Balaban J connectivity index is 1.78. The van der Waals surface area contributed by atoms with Crippen molar-refractivity contribution in [3.63, 3.8) is 0 Å². The molecule has 1 saturated heterocycles. The van der Waals surface area contributed by atoms with E-state index in [0.29, 0.717) is 22.9 Å². The molecule has 0 saturated carbocycles. The number of piperidine rings is 1. The van der Waals surface area contributed by atoms with E-state index in [1.54, 1.807) is 18.2 Å². The van der Waals surface area contributed by atoms with Gasteiger partial charge in [0.1, 0.15) is 12.4 Å². The quantitative estimate of drug-likeness (QED) is 0.823. The molecule has 2 aromatic carbocycles. The van der Waals surface area contributed by atoms with Crippen LogP contribution in [0.5, 0.6) is 5.75 Å². The summed E-state index contributed by atoms with van der Waals surface area (Å²) in [4.78, 5) is 14.7. The van der Waals surface area contributed by atoms with Crippen molar-refractivity contribution >= 4 is 17.5 Å². The second-order valence-corrected chi connectivity index (χ2v) is 6.20. The van der Waals surface area contributed by atoms with Crippen molar-refractivity contribution in [2.45, 2.75) is 25.9 Å². The molecule has 4 heteroatoms. The number of carbonyl (C=O) groups is 1. The first-order chi connectivity index (χ1) is 11.2. The molecular formula is C19H20ClNO2. The molecule has 0 bridgehead atoms. The summed E-state index contributed by atoms with van der Waals surface area (Å²) in [7, 11) is 0. The Kier molecular flexibility index (Phi) is 5.19. The van der Waals surface area contributed by atoms with Crippen LogP contribution in [0.15, 0.2) is 48.5 Å². The molecule has 0 N–H and O–H groups in total. The minimum atomic E-state index is 0.00950. The lowest BCUT2D eigenvalue weighted by molar-refractivity contribution is 0.0719. The van der Waals surface area contributed by atoms with Crippen LogP contribution >= 0.6 is 11.6 Å². The Morgan fingerprint density at radius 1 is 1.04 bits per heavy atom. The first-order valence-electron chi connectivity index (χ1n) is 7.99. The van der Waals surface area contributed by atoms with E-state index in [4.69, 9.17) is 16.3 Å². The summed E-state index contributed by atoms with van der Waals surface area (Å²) in [6.45, 7) is 2.05. The summed E-state index contributed by atoms with van der Waals surface area (Å²) in [5.41, 5.74) is 1.62. The van der Waals surface area contributed by atoms with Crippen molar-refractivity contribution in [1.82, 2.24) is 4.90 Å². The van der Waals surface area contributed by atoms with Crippen LogP contribution in [-0.2, 0) is 6.61 Å². The zero-order valence-corrected chi connectivity index (χ0v) is 13.8. The van der Waals surface area contributed by atoms with Gasteiger partial charge in [0.05, 0.1) is 5.56 Å². The number of carbonyl (C=O) groups excluding carboxylic acids is 1. The van der Waals surface area contributed by atoms with Crippen molar-refractivity contribution in [3.05, 3.63) is 64.7 Å². The molecule has 1 aliphatic heterocycles. The lowest BCUT2D eigenvalue weighted by Crippen LogP contribution is -2.35. The summed E-state index contributed by atoms with van der Waals surface area (Å²) >= 11 is 6.09.